The van der Waals surface area contributed by atoms with E-state index in [2.05, 4.69) is 50.6 Å². The van der Waals surface area contributed by atoms with Gasteiger partial charge in [-0.05, 0) is 18.1 Å². The molecule has 0 aliphatic carbocycles. The number of carbonyl (C=O) groups is 1. The third-order valence-corrected chi connectivity index (χ3v) is 5.84. The van der Waals surface area contributed by atoms with E-state index in [0.717, 1.165) is 72.0 Å². The van der Waals surface area contributed by atoms with Crippen molar-refractivity contribution in [2.75, 3.05) is 72.1 Å². The van der Waals surface area contributed by atoms with E-state index >= 15 is 0 Å². The minimum Gasteiger partial charge on any atom is -0.379 e. The monoisotopic (exact) mass is 385 g/mol. The number of benzene rings is 1. The highest BCUT2D eigenvalue weighted by Crippen LogP contribution is 2.18. The number of hydrogen-bond acceptors (Lipinski definition) is 4. The van der Waals surface area contributed by atoms with Crippen LogP contribution in [0.3, 0.4) is 0 Å². The molecule has 3 heterocycles. The summed E-state index contributed by atoms with van der Waals surface area (Å²) in [4.78, 5) is 22.5. The number of urea groups is 1. The van der Waals surface area contributed by atoms with Crippen molar-refractivity contribution in [3.8, 4) is 0 Å². The Balaban J connectivity index is 1.15. The first kappa shape index (κ1) is 19.2. The van der Waals surface area contributed by atoms with Gasteiger partial charge in [0.15, 0.2) is 0 Å². The Bertz CT molecular complexity index is 763. The van der Waals surface area contributed by atoms with Crippen LogP contribution in [0.5, 0.6) is 0 Å². The molecule has 4 rings (SSSR count). The van der Waals surface area contributed by atoms with Gasteiger partial charge < -0.3 is 19.9 Å². The Labute approximate surface area is 166 Å². The molecule has 7 heteroatoms. The van der Waals surface area contributed by atoms with Gasteiger partial charge in [0, 0.05) is 76.0 Å². The Hall–Kier alpha value is -2.09. The van der Waals surface area contributed by atoms with Gasteiger partial charge in [0.2, 0.25) is 0 Å². The number of nitrogens with zero attached hydrogens (tertiary/aromatic N) is 3. The summed E-state index contributed by atoms with van der Waals surface area (Å²) in [6.07, 6.45) is 3.17. The SMILES string of the molecule is O=C(NCCN1CCOCC1)N1CCN(CCc2c[nH]c3ccccc23)CC1. The number of carbonyl (C=O) groups excluding carboxylic acids is 1. The fraction of sp³-hybridized carbons (Fsp3) is 0.571. The summed E-state index contributed by atoms with van der Waals surface area (Å²) < 4.78 is 5.35. The summed E-state index contributed by atoms with van der Waals surface area (Å²) in [6, 6.07) is 8.53. The zero-order valence-corrected chi connectivity index (χ0v) is 16.5. The Morgan fingerprint density at radius 2 is 1.75 bits per heavy atom. The third-order valence-electron chi connectivity index (χ3n) is 5.84. The highest BCUT2D eigenvalue weighted by atomic mass is 16.5. The molecule has 2 N–H and O–H groups in total. The molecule has 2 fully saturated rings. The standard InChI is InChI=1S/C21H31N5O2/c27-21(22-6-8-25-13-15-28-16-14-25)26-11-9-24(10-12-26)7-5-18-17-23-20-4-2-1-3-19(18)20/h1-4,17,23H,5-16H2,(H,22,27). The predicted molar refractivity (Wildman–Crippen MR) is 111 cm³/mol. The maximum atomic E-state index is 12.4. The minimum absolute atomic E-state index is 0.0736. The highest BCUT2D eigenvalue weighted by molar-refractivity contribution is 5.83. The number of para-hydroxylation sites is 1. The van der Waals surface area contributed by atoms with E-state index in [1.54, 1.807) is 0 Å². The lowest BCUT2D eigenvalue weighted by Gasteiger charge is -2.35. The van der Waals surface area contributed by atoms with Gasteiger partial charge in [0.25, 0.3) is 0 Å². The van der Waals surface area contributed by atoms with Gasteiger partial charge in [-0.1, -0.05) is 18.2 Å². The summed E-state index contributed by atoms with van der Waals surface area (Å²) in [5, 5.41) is 4.39. The summed E-state index contributed by atoms with van der Waals surface area (Å²) >= 11 is 0. The lowest BCUT2D eigenvalue weighted by Crippen LogP contribution is -2.53. The van der Waals surface area contributed by atoms with Crippen LogP contribution in [0.15, 0.2) is 30.5 Å². The van der Waals surface area contributed by atoms with Crippen molar-refractivity contribution in [1.82, 2.24) is 25.0 Å². The average molecular weight is 386 g/mol. The molecule has 0 bridgehead atoms. The molecular formula is C21H31N5O2. The Kier molecular flexibility index (Phi) is 6.46. The molecular weight excluding hydrogens is 354 g/mol. The molecule has 0 saturated carbocycles. The lowest BCUT2D eigenvalue weighted by atomic mass is 10.1. The van der Waals surface area contributed by atoms with E-state index < -0.39 is 0 Å². The number of ether oxygens (including phenoxy) is 1. The fourth-order valence-electron chi connectivity index (χ4n) is 4.05. The van der Waals surface area contributed by atoms with E-state index in [1.807, 2.05) is 4.90 Å². The largest absolute Gasteiger partial charge is 0.379 e. The normalized spacial score (nSPS) is 19.2. The second-order valence-electron chi connectivity index (χ2n) is 7.62. The van der Waals surface area contributed by atoms with Gasteiger partial charge in [-0.2, -0.15) is 0 Å². The summed E-state index contributed by atoms with van der Waals surface area (Å²) in [5.74, 6) is 0. The van der Waals surface area contributed by atoms with Crippen molar-refractivity contribution in [1.29, 1.82) is 0 Å². The molecule has 2 aliphatic rings. The van der Waals surface area contributed by atoms with Gasteiger partial charge >= 0.3 is 6.03 Å². The molecule has 1 aromatic heterocycles. The van der Waals surface area contributed by atoms with E-state index in [-0.39, 0.29) is 6.03 Å². The van der Waals surface area contributed by atoms with Gasteiger partial charge in [-0.15, -0.1) is 0 Å². The Morgan fingerprint density at radius 3 is 2.57 bits per heavy atom. The molecule has 0 spiro atoms. The molecule has 7 nitrogen and oxygen atoms in total. The van der Waals surface area contributed by atoms with Crippen molar-refractivity contribution in [3.05, 3.63) is 36.0 Å². The minimum atomic E-state index is 0.0736. The molecule has 2 aromatic rings. The number of aromatic nitrogens is 1. The van der Waals surface area contributed by atoms with Gasteiger partial charge in [-0.3, -0.25) is 9.80 Å². The molecule has 0 radical (unpaired) electrons. The van der Waals surface area contributed by atoms with Crippen LogP contribution in [0.1, 0.15) is 5.56 Å². The highest BCUT2D eigenvalue weighted by Gasteiger charge is 2.21. The van der Waals surface area contributed by atoms with Gasteiger partial charge in [-0.25, -0.2) is 4.79 Å². The van der Waals surface area contributed by atoms with Gasteiger partial charge in [0.05, 0.1) is 13.2 Å². The number of piperazine rings is 1. The number of amides is 2. The summed E-state index contributed by atoms with van der Waals surface area (Å²) in [6.45, 7) is 9.67. The van der Waals surface area contributed by atoms with Crippen LogP contribution in [-0.4, -0.2) is 97.8 Å². The summed E-state index contributed by atoms with van der Waals surface area (Å²) in [5.41, 5.74) is 2.58. The van der Waals surface area contributed by atoms with Crippen LogP contribution in [0.2, 0.25) is 0 Å². The second-order valence-corrected chi connectivity index (χ2v) is 7.62. The maximum absolute atomic E-state index is 12.4. The quantitative estimate of drug-likeness (QED) is 0.788. The number of rotatable bonds is 6. The van der Waals surface area contributed by atoms with E-state index in [9.17, 15) is 4.79 Å². The van der Waals surface area contributed by atoms with Crippen molar-refractivity contribution in [3.63, 3.8) is 0 Å². The van der Waals surface area contributed by atoms with Crippen molar-refractivity contribution < 1.29 is 9.53 Å². The topological polar surface area (TPSA) is 63.8 Å². The summed E-state index contributed by atoms with van der Waals surface area (Å²) in [7, 11) is 0. The lowest BCUT2D eigenvalue weighted by molar-refractivity contribution is 0.0385. The predicted octanol–water partition coefficient (Wildman–Crippen LogP) is 1.37. The van der Waals surface area contributed by atoms with Crippen molar-refractivity contribution in [2.24, 2.45) is 0 Å². The van der Waals surface area contributed by atoms with Crippen LogP contribution in [0, 0.1) is 0 Å². The maximum Gasteiger partial charge on any atom is 0.317 e. The van der Waals surface area contributed by atoms with Crippen LogP contribution in [0.4, 0.5) is 4.79 Å². The first-order valence-electron chi connectivity index (χ1n) is 10.4. The number of H-pyrrole nitrogens is 1. The third kappa shape index (κ3) is 4.84. The van der Waals surface area contributed by atoms with E-state index in [0.29, 0.717) is 6.54 Å². The number of morpholine rings is 1. The smallest absolute Gasteiger partial charge is 0.317 e. The molecule has 0 atom stereocenters. The fourth-order valence-corrected chi connectivity index (χ4v) is 4.05. The molecule has 0 unspecified atom stereocenters. The van der Waals surface area contributed by atoms with E-state index in [1.165, 1.54) is 16.5 Å². The van der Waals surface area contributed by atoms with Crippen LogP contribution >= 0.6 is 0 Å². The number of aromatic amines is 1. The zero-order valence-electron chi connectivity index (χ0n) is 16.5. The van der Waals surface area contributed by atoms with Crippen molar-refractivity contribution in [2.45, 2.75) is 6.42 Å². The first-order valence-corrected chi connectivity index (χ1v) is 10.4. The van der Waals surface area contributed by atoms with Crippen LogP contribution < -0.4 is 5.32 Å². The number of fused-ring (bicyclic) bond motifs is 1. The Morgan fingerprint density at radius 1 is 1.00 bits per heavy atom. The van der Waals surface area contributed by atoms with E-state index in [4.69, 9.17) is 4.74 Å². The first-order chi connectivity index (χ1) is 13.8. The number of nitrogens with one attached hydrogen (secondary N) is 2. The second kappa shape index (κ2) is 9.41. The molecule has 1 aromatic carbocycles. The van der Waals surface area contributed by atoms with Gasteiger partial charge in [0.1, 0.15) is 0 Å². The average Bonchev–Trinajstić information content (AvgIpc) is 3.16. The van der Waals surface area contributed by atoms with Crippen LogP contribution in [0.25, 0.3) is 10.9 Å². The van der Waals surface area contributed by atoms with Crippen molar-refractivity contribution >= 4 is 16.9 Å². The zero-order chi connectivity index (χ0) is 19.2. The number of hydrogen-bond donors (Lipinski definition) is 2. The molecule has 152 valence electrons. The molecule has 28 heavy (non-hydrogen) atoms. The molecule has 2 aliphatic heterocycles. The van der Waals surface area contributed by atoms with Crippen LogP contribution in [-0.2, 0) is 11.2 Å². The molecule has 2 amide bonds. The molecule has 2 saturated heterocycles.